The zero-order valence-corrected chi connectivity index (χ0v) is 8.63. The lowest BCUT2D eigenvalue weighted by molar-refractivity contribution is 0.461. The third-order valence-electron chi connectivity index (χ3n) is 1.57. The average Bonchev–Trinajstić information content (AvgIpc) is 2.28. The SMILES string of the molecule is CCn1c(OS(C)(=O)=O)cnc1C. The summed E-state index contributed by atoms with van der Waals surface area (Å²) in [5, 5.41) is 0. The molecule has 1 heterocycles. The molecular weight excluding hydrogens is 192 g/mol. The third kappa shape index (κ3) is 2.45. The number of rotatable bonds is 3. The summed E-state index contributed by atoms with van der Waals surface area (Å²) in [6.45, 7) is 4.32. The molecule has 1 rings (SSSR count). The zero-order valence-electron chi connectivity index (χ0n) is 7.81. The van der Waals surface area contributed by atoms with Gasteiger partial charge in [0, 0.05) is 6.54 Å². The van der Waals surface area contributed by atoms with Crippen molar-refractivity contribution < 1.29 is 12.6 Å². The summed E-state index contributed by atoms with van der Waals surface area (Å²) in [6, 6.07) is 0. The quantitative estimate of drug-likeness (QED) is 0.674. The van der Waals surface area contributed by atoms with Gasteiger partial charge < -0.3 is 4.18 Å². The highest BCUT2D eigenvalue weighted by Crippen LogP contribution is 2.14. The molecule has 0 bridgehead atoms. The predicted molar refractivity (Wildman–Crippen MR) is 48.1 cm³/mol. The second-order valence-corrected chi connectivity index (χ2v) is 4.25. The topological polar surface area (TPSA) is 61.2 Å². The summed E-state index contributed by atoms with van der Waals surface area (Å²) < 4.78 is 28.0. The van der Waals surface area contributed by atoms with E-state index >= 15 is 0 Å². The minimum Gasteiger partial charge on any atom is -0.362 e. The molecule has 1 aromatic rings. The van der Waals surface area contributed by atoms with E-state index in [4.69, 9.17) is 4.18 Å². The first kappa shape index (κ1) is 10.0. The van der Waals surface area contributed by atoms with E-state index < -0.39 is 10.1 Å². The third-order valence-corrected chi connectivity index (χ3v) is 2.04. The summed E-state index contributed by atoms with van der Waals surface area (Å²) in [6.07, 6.45) is 2.41. The summed E-state index contributed by atoms with van der Waals surface area (Å²) >= 11 is 0. The molecule has 0 amide bonds. The summed E-state index contributed by atoms with van der Waals surface area (Å²) in [4.78, 5) is 3.95. The van der Waals surface area contributed by atoms with E-state index in [-0.39, 0.29) is 5.88 Å². The number of aromatic nitrogens is 2. The minimum absolute atomic E-state index is 0.266. The van der Waals surface area contributed by atoms with Crippen LogP contribution in [0.25, 0.3) is 0 Å². The summed E-state index contributed by atoms with van der Waals surface area (Å²) in [5.41, 5.74) is 0. The highest BCUT2D eigenvalue weighted by Gasteiger charge is 2.10. The Kier molecular flexibility index (Phi) is 2.60. The molecule has 0 atom stereocenters. The second-order valence-electron chi connectivity index (χ2n) is 2.68. The Labute approximate surface area is 77.5 Å². The van der Waals surface area contributed by atoms with Gasteiger partial charge in [-0.1, -0.05) is 0 Å². The normalized spacial score (nSPS) is 11.6. The summed E-state index contributed by atoms with van der Waals surface area (Å²) in [5.74, 6) is 1.00. The van der Waals surface area contributed by atoms with Crippen molar-refractivity contribution in [3.05, 3.63) is 12.0 Å². The molecule has 0 aromatic carbocycles. The van der Waals surface area contributed by atoms with Gasteiger partial charge >= 0.3 is 10.1 Å². The molecule has 0 aliphatic carbocycles. The Morgan fingerprint density at radius 1 is 1.62 bits per heavy atom. The maximum Gasteiger partial charge on any atom is 0.307 e. The van der Waals surface area contributed by atoms with Gasteiger partial charge in [0.2, 0.25) is 5.88 Å². The van der Waals surface area contributed by atoms with Gasteiger partial charge in [0.15, 0.2) is 0 Å². The van der Waals surface area contributed by atoms with Crippen molar-refractivity contribution in [2.75, 3.05) is 6.26 Å². The van der Waals surface area contributed by atoms with Crippen LogP contribution in [-0.4, -0.2) is 24.2 Å². The molecule has 0 saturated carbocycles. The molecule has 0 spiro atoms. The fourth-order valence-corrected chi connectivity index (χ4v) is 1.50. The van der Waals surface area contributed by atoms with Crippen LogP contribution in [0.4, 0.5) is 0 Å². The molecule has 6 heteroatoms. The molecule has 74 valence electrons. The van der Waals surface area contributed by atoms with Crippen molar-refractivity contribution in [2.24, 2.45) is 0 Å². The largest absolute Gasteiger partial charge is 0.362 e. The fraction of sp³-hybridized carbons (Fsp3) is 0.571. The highest BCUT2D eigenvalue weighted by molar-refractivity contribution is 7.86. The molecule has 0 N–H and O–H groups in total. The highest BCUT2D eigenvalue weighted by atomic mass is 32.2. The molecule has 1 aromatic heterocycles. The molecule has 0 aliphatic rings. The predicted octanol–water partition coefficient (Wildman–Crippen LogP) is 0.550. The van der Waals surface area contributed by atoms with Crippen LogP contribution in [-0.2, 0) is 16.7 Å². The lowest BCUT2D eigenvalue weighted by Crippen LogP contribution is -2.10. The lowest BCUT2D eigenvalue weighted by atomic mass is 10.6. The van der Waals surface area contributed by atoms with Crippen LogP contribution in [0.1, 0.15) is 12.7 Å². The van der Waals surface area contributed by atoms with E-state index in [1.54, 1.807) is 11.5 Å². The summed E-state index contributed by atoms with van der Waals surface area (Å²) in [7, 11) is -3.46. The zero-order chi connectivity index (χ0) is 10.1. The molecule has 0 fully saturated rings. The first-order chi connectivity index (χ1) is 5.94. The van der Waals surface area contributed by atoms with Gasteiger partial charge in [-0.25, -0.2) is 4.98 Å². The van der Waals surface area contributed by atoms with Gasteiger partial charge in [-0.05, 0) is 13.8 Å². The van der Waals surface area contributed by atoms with E-state index in [1.807, 2.05) is 6.92 Å². The van der Waals surface area contributed by atoms with Crippen LogP contribution >= 0.6 is 0 Å². The monoisotopic (exact) mass is 204 g/mol. The Hall–Kier alpha value is -1.04. The van der Waals surface area contributed by atoms with Gasteiger partial charge in [-0.2, -0.15) is 8.42 Å². The first-order valence-electron chi connectivity index (χ1n) is 3.85. The van der Waals surface area contributed by atoms with Gasteiger partial charge in [0.1, 0.15) is 5.82 Å². The minimum atomic E-state index is -3.46. The van der Waals surface area contributed by atoms with Crippen LogP contribution < -0.4 is 4.18 Å². The molecule has 0 radical (unpaired) electrons. The number of hydrogen-bond donors (Lipinski definition) is 0. The number of imidazole rings is 1. The van der Waals surface area contributed by atoms with Crippen LogP contribution in [0.15, 0.2) is 6.20 Å². The molecule has 5 nitrogen and oxygen atoms in total. The fourth-order valence-electron chi connectivity index (χ4n) is 1.05. The van der Waals surface area contributed by atoms with Gasteiger partial charge in [0.25, 0.3) is 0 Å². The van der Waals surface area contributed by atoms with Crippen LogP contribution in [0, 0.1) is 6.92 Å². The standard InChI is InChI=1S/C7H12N2O3S/c1-4-9-6(2)8-5-7(9)12-13(3,10)11/h5H,4H2,1-3H3. The molecule has 13 heavy (non-hydrogen) atoms. The van der Waals surface area contributed by atoms with E-state index in [1.165, 1.54) is 6.20 Å². The smallest absolute Gasteiger partial charge is 0.307 e. The Balaban J connectivity index is 3.02. The van der Waals surface area contributed by atoms with E-state index in [0.29, 0.717) is 6.54 Å². The average molecular weight is 204 g/mol. The Bertz CT molecular complexity index is 394. The van der Waals surface area contributed by atoms with Crippen molar-refractivity contribution in [1.82, 2.24) is 9.55 Å². The molecule has 0 saturated heterocycles. The van der Waals surface area contributed by atoms with E-state index in [0.717, 1.165) is 12.1 Å². The maximum atomic E-state index is 10.8. The van der Waals surface area contributed by atoms with Crippen molar-refractivity contribution in [3.8, 4) is 5.88 Å². The van der Waals surface area contributed by atoms with E-state index in [2.05, 4.69) is 4.98 Å². The number of aryl methyl sites for hydroxylation is 1. The van der Waals surface area contributed by atoms with Crippen molar-refractivity contribution >= 4 is 10.1 Å². The van der Waals surface area contributed by atoms with E-state index in [9.17, 15) is 8.42 Å². The second kappa shape index (κ2) is 3.37. The first-order valence-corrected chi connectivity index (χ1v) is 5.67. The number of hydrogen-bond acceptors (Lipinski definition) is 4. The lowest BCUT2D eigenvalue weighted by Gasteiger charge is -2.05. The van der Waals surface area contributed by atoms with Crippen LogP contribution in [0.3, 0.4) is 0 Å². The van der Waals surface area contributed by atoms with Crippen molar-refractivity contribution in [3.63, 3.8) is 0 Å². The Morgan fingerprint density at radius 3 is 2.69 bits per heavy atom. The van der Waals surface area contributed by atoms with Gasteiger partial charge in [-0.3, -0.25) is 4.57 Å². The van der Waals surface area contributed by atoms with Gasteiger partial charge in [0.05, 0.1) is 12.5 Å². The van der Waals surface area contributed by atoms with Crippen LogP contribution in [0.5, 0.6) is 5.88 Å². The van der Waals surface area contributed by atoms with Crippen molar-refractivity contribution in [2.45, 2.75) is 20.4 Å². The van der Waals surface area contributed by atoms with Crippen LogP contribution in [0.2, 0.25) is 0 Å². The Morgan fingerprint density at radius 2 is 2.23 bits per heavy atom. The van der Waals surface area contributed by atoms with Crippen molar-refractivity contribution in [1.29, 1.82) is 0 Å². The molecule has 0 unspecified atom stereocenters. The molecular formula is C7H12N2O3S. The molecule has 0 aliphatic heterocycles. The van der Waals surface area contributed by atoms with Gasteiger partial charge in [-0.15, -0.1) is 0 Å². The number of nitrogens with zero attached hydrogens (tertiary/aromatic N) is 2. The maximum absolute atomic E-state index is 10.8.